The number of halogens is 1. The third-order valence-electron chi connectivity index (χ3n) is 5.97. The molecule has 0 saturated carbocycles. The number of nitro benzene ring substituents is 1. The molecular formula is C27H28ClN5O4. The molecule has 1 aliphatic rings. The number of likely N-dealkylation sites (N-methyl/N-ethyl adjacent to an activating group) is 1. The fourth-order valence-electron chi connectivity index (χ4n) is 4.03. The molecule has 0 aromatic heterocycles. The fourth-order valence-corrected chi connectivity index (χ4v) is 4.03. The van der Waals surface area contributed by atoms with Gasteiger partial charge in [-0.1, -0.05) is 44.2 Å². The predicted octanol–water partition coefficient (Wildman–Crippen LogP) is 5.23. The molecule has 3 aromatic rings. The average molecular weight is 522 g/mol. The molecule has 9 nitrogen and oxygen atoms in total. The third kappa shape index (κ3) is 6.32. The van der Waals surface area contributed by atoms with E-state index in [4.69, 9.17) is 0 Å². The molecule has 10 heteroatoms. The van der Waals surface area contributed by atoms with Crippen molar-refractivity contribution in [3.63, 3.8) is 0 Å². The highest BCUT2D eigenvalue weighted by atomic mass is 35.5. The van der Waals surface area contributed by atoms with Gasteiger partial charge in [0.1, 0.15) is 0 Å². The highest BCUT2D eigenvalue weighted by molar-refractivity contribution is 6.37. The molecule has 2 amide bonds. The minimum atomic E-state index is -0.483. The fraction of sp³-hybridized carbons (Fsp3) is 0.185. The quantitative estimate of drug-likeness (QED) is 0.202. The number of benzene rings is 3. The number of nitro groups is 1. The standard InChI is InChI=1S/C27H27N5O4.ClH/c1-3-31(4-2)17-24(33)28-19-10-12-20(13-11-19)29-26(18-8-6-5-7-9-18)25-22-16-21(32(35)36)14-15-23(22)30-27(25)34;/h5-16,29H,3-4,17H2,1-2H3,(H,28,33)(H,30,34);1H. The van der Waals surface area contributed by atoms with E-state index in [9.17, 15) is 19.7 Å². The van der Waals surface area contributed by atoms with E-state index >= 15 is 0 Å². The molecule has 0 radical (unpaired) electrons. The lowest BCUT2D eigenvalue weighted by Gasteiger charge is -2.17. The van der Waals surface area contributed by atoms with Gasteiger partial charge < -0.3 is 16.0 Å². The van der Waals surface area contributed by atoms with Crippen LogP contribution in [0.15, 0.2) is 72.8 Å². The van der Waals surface area contributed by atoms with Crippen LogP contribution in [0.25, 0.3) is 11.3 Å². The van der Waals surface area contributed by atoms with E-state index in [-0.39, 0.29) is 29.9 Å². The van der Waals surface area contributed by atoms with Gasteiger partial charge in [0.2, 0.25) is 5.91 Å². The van der Waals surface area contributed by atoms with Crippen molar-refractivity contribution in [3.8, 4) is 0 Å². The van der Waals surface area contributed by atoms with Gasteiger partial charge in [0, 0.05) is 34.8 Å². The van der Waals surface area contributed by atoms with E-state index in [0.29, 0.717) is 40.4 Å². The Kier molecular flexibility index (Phi) is 9.00. The lowest BCUT2D eigenvalue weighted by molar-refractivity contribution is -0.384. The molecule has 0 fully saturated rings. The second-order valence-corrected chi connectivity index (χ2v) is 8.27. The van der Waals surface area contributed by atoms with E-state index in [1.807, 2.05) is 49.1 Å². The topological polar surface area (TPSA) is 117 Å². The lowest BCUT2D eigenvalue weighted by Crippen LogP contribution is -2.32. The van der Waals surface area contributed by atoms with Crippen LogP contribution in [0.1, 0.15) is 25.0 Å². The summed E-state index contributed by atoms with van der Waals surface area (Å²) >= 11 is 0. The molecule has 0 saturated heterocycles. The van der Waals surface area contributed by atoms with Crippen molar-refractivity contribution in [2.24, 2.45) is 0 Å². The Hall–Kier alpha value is -4.21. The Labute approximate surface area is 221 Å². The Morgan fingerprint density at radius 3 is 2.16 bits per heavy atom. The first-order valence-electron chi connectivity index (χ1n) is 11.7. The first kappa shape index (κ1) is 27.4. The molecule has 1 heterocycles. The third-order valence-corrected chi connectivity index (χ3v) is 5.97. The van der Waals surface area contributed by atoms with Gasteiger partial charge in [0.25, 0.3) is 11.6 Å². The zero-order valence-electron chi connectivity index (χ0n) is 20.5. The number of hydrogen-bond acceptors (Lipinski definition) is 6. The molecule has 0 spiro atoms. The highest BCUT2D eigenvalue weighted by Gasteiger charge is 2.30. The van der Waals surface area contributed by atoms with Crippen LogP contribution in [0.2, 0.25) is 0 Å². The lowest BCUT2D eigenvalue weighted by atomic mass is 9.99. The van der Waals surface area contributed by atoms with E-state index in [2.05, 4.69) is 16.0 Å². The normalized spacial score (nSPS) is 13.3. The number of amides is 2. The number of carbonyl (C=O) groups excluding carboxylic acids is 2. The number of carbonyl (C=O) groups is 2. The second-order valence-electron chi connectivity index (χ2n) is 8.27. The maximum absolute atomic E-state index is 13.0. The maximum Gasteiger partial charge on any atom is 0.270 e. The smallest absolute Gasteiger partial charge is 0.270 e. The zero-order valence-corrected chi connectivity index (χ0v) is 21.3. The summed E-state index contributed by atoms with van der Waals surface area (Å²) in [6, 6.07) is 20.8. The number of nitrogens with one attached hydrogen (secondary N) is 3. The molecule has 0 atom stereocenters. The summed E-state index contributed by atoms with van der Waals surface area (Å²) in [5.41, 5.74) is 3.81. The summed E-state index contributed by atoms with van der Waals surface area (Å²) in [4.78, 5) is 38.2. The van der Waals surface area contributed by atoms with Crippen molar-refractivity contribution in [3.05, 3.63) is 94.0 Å². The van der Waals surface area contributed by atoms with Crippen LogP contribution < -0.4 is 16.0 Å². The Bertz CT molecular complexity index is 1320. The van der Waals surface area contributed by atoms with Gasteiger partial charge in [0.15, 0.2) is 0 Å². The van der Waals surface area contributed by atoms with Crippen molar-refractivity contribution >= 4 is 58.2 Å². The van der Waals surface area contributed by atoms with Crippen LogP contribution in [0.5, 0.6) is 0 Å². The van der Waals surface area contributed by atoms with Crippen LogP contribution >= 0.6 is 12.4 Å². The molecule has 0 bridgehead atoms. The summed E-state index contributed by atoms with van der Waals surface area (Å²) in [5, 5.41) is 20.4. The Balaban J connectivity index is 0.00000380. The van der Waals surface area contributed by atoms with Crippen LogP contribution in [0.4, 0.5) is 22.7 Å². The predicted molar refractivity (Wildman–Crippen MR) is 149 cm³/mol. The summed E-state index contributed by atoms with van der Waals surface area (Å²) in [6.45, 7) is 5.93. The average Bonchev–Trinajstić information content (AvgIpc) is 3.22. The van der Waals surface area contributed by atoms with Gasteiger partial charge in [-0.25, -0.2) is 0 Å². The number of anilines is 3. The van der Waals surface area contributed by atoms with Gasteiger partial charge in [-0.2, -0.15) is 0 Å². The summed E-state index contributed by atoms with van der Waals surface area (Å²) in [6.07, 6.45) is 0. The molecule has 0 aliphatic carbocycles. The van der Waals surface area contributed by atoms with Crippen LogP contribution in [0, 0.1) is 10.1 Å². The summed E-state index contributed by atoms with van der Waals surface area (Å²) in [7, 11) is 0. The number of rotatable bonds is 9. The first-order valence-corrected chi connectivity index (χ1v) is 11.7. The van der Waals surface area contributed by atoms with E-state index in [0.717, 1.165) is 18.7 Å². The molecule has 1 aliphatic heterocycles. The van der Waals surface area contributed by atoms with E-state index in [1.54, 1.807) is 24.3 Å². The highest BCUT2D eigenvalue weighted by Crippen LogP contribution is 2.39. The summed E-state index contributed by atoms with van der Waals surface area (Å²) in [5.74, 6) is -0.440. The van der Waals surface area contributed by atoms with Gasteiger partial charge >= 0.3 is 0 Å². The van der Waals surface area contributed by atoms with Crippen molar-refractivity contribution < 1.29 is 14.5 Å². The second kappa shape index (κ2) is 12.2. The number of fused-ring (bicyclic) bond motifs is 1. The minimum absolute atomic E-state index is 0. The largest absolute Gasteiger partial charge is 0.354 e. The van der Waals surface area contributed by atoms with E-state index in [1.165, 1.54) is 18.2 Å². The van der Waals surface area contributed by atoms with Gasteiger partial charge in [-0.05, 0) is 49.0 Å². The minimum Gasteiger partial charge on any atom is -0.354 e. The zero-order chi connectivity index (χ0) is 25.7. The monoisotopic (exact) mass is 521 g/mol. The van der Waals surface area contributed by atoms with Crippen LogP contribution in [-0.4, -0.2) is 41.3 Å². The van der Waals surface area contributed by atoms with Crippen molar-refractivity contribution in [2.75, 3.05) is 35.6 Å². The molecule has 37 heavy (non-hydrogen) atoms. The molecule has 0 unspecified atom stereocenters. The Morgan fingerprint density at radius 2 is 1.57 bits per heavy atom. The molecular weight excluding hydrogens is 494 g/mol. The Morgan fingerprint density at radius 1 is 0.946 bits per heavy atom. The first-order chi connectivity index (χ1) is 17.4. The van der Waals surface area contributed by atoms with Gasteiger partial charge in [0.05, 0.1) is 22.7 Å². The van der Waals surface area contributed by atoms with Crippen LogP contribution in [0.3, 0.4) is 0 Å². The van der Waals surface area contributed by atoms with E-state index < -0.39 is 4.92 Å². The van der Waals surface area contributed by atoms with Crippen molar-refractivity contribution in [2.45, 2.75) is 13.8 Å². The molecule has 3 N–H and O–H groups in total. The number of hydrogen-bond donors (Lipinski definition) is 3. The maximum atomic E-state index is 13.0. The van der Waals surface area contributed by atoms with Gasteiger partial charge in [-0.3, -0.25) is 24.6 Å². The SMILES string of the molecule is CCN(CC)CC(=O)Nc1ccc(NC(=C2C(=O)Nc3ccc([N+](=O)[O-])cc32)c2ccccc2)cc1.Cl. The molecule has 3 aromatic carbocycles. The molecule has 4 rings (SSSR count). The van der Waals surface area contributed by atoms with Crippen molar-refractivity contribution in [1.82, 2.24) is 4.90 Å². The molecule has 192 valence electrons. The van der Waals surface area contributed by atoms with Crippen LogP contribution in [-0.2, 0) is 9.59 Å². The van der Waals surface area contributed by atoms with Crippen molar-refractivity contribution in [1.29, 1.82) is 0 Å². The number of nitrogens with zero attached hydrogens (tertiary/aromatic N) is 2. The number of non-ortho nitro benzene ring substituents is 1. The summed E-state index contributed by atoms with van der Waals surface area (Å²) < 4.78 is 0. The van der Waals surface area contributed by atoms with Gasteiger partial charge in [-0.15, -0.1) is 12.4 Å².